The van der Waals surface area contributed by atoms with E-state index in [9.17, 15) is 0 Å². The van der Waals surface area contributed by atoms with Crippen LogP contribution in [0.3, 0.4) is 0 Å². The van der Waals surface area contributed by atoms with Gasteiger partial charge in [0.15, 0.2) is 0 Å². The molecule has 1 aromatic carbocycles. The normalized spacial score (nSPS) is 7.73. The number of nitrogens with two attached hydrogens (primary N) is 1. The molecular formula is C9H14NY-. The van der Waals surface area contributed by atoms with Crippen molar-refractivity contribution in [3.63, 3.8) is 0 Å². The Hall–Kier alpha value is 0.284. The van der Waals surface area contributed by atoms with Gasteiger partial charge in [-0.25, -0.2) is 0 Å². The predicted molar refractivity (Wildman–Crippen MR) is 45.6 cm³/mol. The average Bonchev–Trinajstić information content (AvgIpc) is 1.91. The van der Waals surface area contributed by atoms with Gasteiger partial charge in [0.05, 0.1) is 0 Å². The molecule has 0 aliphatic heterocycles. The van der Waals surface area contributed by atoms with Gasteiger partial charge < -0.3 is 13.2 Å². The zero-order valence-corrected chi connectivity index (χ0v) is 9.79. The van der Waals surface area contributed by atoms with Gasteiger partial charge in [0.1, 0.15) is 0 Å². The summed E-state index contributed by atoms with van der Waals surface area (Å²) in [7, 11) is 0. The minimum atomic E-state index is 0. The summed E-state index contributed by atoms with van der Waals surface area (Å²) >= 11 is 0. The summed E-state index contributed by atoms with van der Waals surface area (Å²) in [6.45, 7) is 0.740. The van der Waals surface area contributed by atoms with E-state index in [0.717, 1.165) is 13.0 Å². The van der Waals surface area contributed by atoms with Crippen LogP contribution in [0.15, 0.2) is 30.3 Å². The molecule has 0 bridgehead atoms. The van der Waals surface area contributed by atoms with Gasteiger partial charge in [-0.1, -0.05) is 30.3 Å². The summed E-state index contributed by atoms with van der Waals surface area (Å²) in [4.78, 5) is 0. The molecule has 0 amide bonds. The van der Waals surface area contributed by atoms with Crippen LogP contribution in [0.4, 0.5) is 0 Å². The fourth-order valence-corrected chi connectivity index (χ4v) is 0.811. The Morgan fingerprint density at radius 2 is 1.64 bits per heavy atom. The van der Waals surface area contributed by atoms with Crippen molar-refractivity contribution in [1.82, 2.24) is 0 Å². The standard InChI is InChI=1S/C8H11N.CH3.Y/c9-7-6-8-4-2-1-3-5-8;;/h1-5H,6-7,9H2;1H3;/q;-1;. The van der Waals surface area contributed by atoms with Crippen molar-refractivity contribution in [2.45, 2.75) is 6.42 Å². The first-order valence-electron chi connectivity index (χ1n) is 3.17. The SMILES string of the molecule is NCCc1ccccc1.[CH3-].[Y]. The maximum absolute atomic E-state index is 5.36. The van der Waals surface area contributed by atoms with Crippen molar-refractivity contribution in [1.29, 1.82) is 0 Å². The summed E-state index contributed by atoms with van der Waals surface area (Å²) in [6, 6.07) is 10.3. The van der Waals surface area contributed by atoms with Crippen molar-refractivity contribution in [2.75, 3.05) is 6.54 Å². The quantitative estimate of drug-likeness (QED) is 0.760. The molecule has 1 radical (unpaired) electrons. The van der Waals surface area contributed by atoms with E-state index in [1.165, 1.54) is 5.56 Å². The predicted octanol–water partition coefficient (Wildman–Crippen LogP) is 1.64. The minimum absolute atomic E-state index is 0. The molecular weight excluding hydrogens is 211 g/mol. The third-order valence-corrected chi connectivity index (χ3v) is 1.28. The molecule has 0 heterocycles. The Labute approximate surface area is 94.3 Å². The molecule has 0 unspecified atom stereocenters. The Morgan fingerprint density at radius 1 is 1.09 bits per heavy atom. The van der Waals surface area contributed by atoms with Crippen molar-refractivity contribution in [3.8, 4) is 0 Å². The van der Waals surface area contributed by atoms with Crippen LogP contribution in [0.5, 0.6) is 0 Å². The summed E-state index contributed by atoms with van der Waals surface area (Å²) in [6.07, 6.45) is 0.987. The van der Waals surface area contributed by atoms with Crippen molar-refractivity contribution < 1.29 is 32.7 Å². The van der Waals surface area contributed by atoms with E-state index in [0.29, 0.717) is 0 Å². The Morgan fingerprint density at radius 3 is 2.09 bits per heavy atom. The Balaban J connectivity index is 0. The van der Waals surface area contributed by atoms with Gasteiger partial charge in [0.2, 0.25) is 0 Å². The number of benzene rings is 1. The molecule has 0 saturated carbocycles. The molecule has 0 aliphatic rings. The summed E-state index contributed by atoms with van der Waals surface area (Å²) in [5, 5.41) is 0. The van der Waals surface area contributed by atoms with Crippen LogP contribution in [0.1, 0.15) is 5.56 Å². The molecule has 2 heteroatoms. The van der Waals surface area contributed by atoms with Gasteiger partial charge in [-0.05, 0) is 18.5 Å². The first-order valence-corrected chi connectivity index (χ1v) is 3.17. The third kappa shape index (κ3) is 5.54. The van der Waals surface area contributed by atoms with Crippen LogP contribution >= 0.6 is 0 Å². The molecule has 0 spiro atoms. The maximum Gasteiger partial charge on any atom is 0 e. The average molecular weight is 225 g/mol. The van der Waals surface area contributed by atoms with E-state index in [1.54, 1.807) is 0 Å². The first kappa shape index (κ1) is 13.8. The molecule has 1 rings (SSSR count). The van der Waals surface area contributed by atoms with Crippen LogP contribution in [0.2, 0.25) is 0 Å². The molecule has 0 fully saturated rings. The summed E-state index contributed by atoms with van der Waals surface area (Å²) in [5.41, 5.74) is 6.68. The second-order valence-corrected chi connectivity index (χ2v) is 2.02. The van der Waals surface area contributed by atoms with Crippen LogP contribution < -0.4 is 5.73 Å². The minimum Gasteiger partial charge on any atom is -0.358 e. The van der Waals surface area contributed by atoms with Gasteiger partial charge in [0, 0.05) is 32.7 Å². The second-order valence-electron chi connectivity index (χ2n) is 2.02. The zero-order chi connectivity index (χ0) is 6.53. The molecule has 1 aromatic rings. The third-order valence-electron chi connectivity index (χ3n) is 1.28. The fraction of sp³-hybridized carbons (Fsp3) is 0.222. The molecule has 0 saturated heterocycles. The largest absolute Gasteiger partial charge is 0.358 e. The number of rotatable bonds is 2. The summed E-state index contributed by atoms with van der Waals surface area (Å²) < 4.78 is 0. The monoisotopic (exact) mass is 225 g/mol. The van der Waals surface area contributed by atoms with E-state index in [2.05, 4.69) is 12.1 Å². The van der Waals surface area contributed by atoms with Crippen LogP contribution in [-0.2, 0) is 39.1 Å². The van der Waals surface area contributed by atoms with Crippen LogP contribution in [-0.4, -0.2) is 6.54 Å². The fourth-order valence-electron chi connectivity index (χ4n) is 0.811. The summed E-state index contributed by atoms with van der Waals surface area (Å²) in [5.74, 6) is 0. The van der Waals surface area contributed by atoms with E-state index in [-0.39, 0.29) is 40.1 Å². The van der Waals surface area contributed by atoms with Crippen LogP contribution in [0.25, 0.3) is 0 Å². The molecule has 59 valence electrons. The van der Waals surface area contributed by atoms with Crippen LogP contribution in [0, 0.1) is 7.43 Å². The van der Waals surface area contributed by atoms with Crippen molar-refractivity contribution in [2.24, 2.45) is 5.73 Å². The van der Waals surface area contributed by atoms with Gasteiger partial charge in [-0.2, -0.15) is 0 Å². The van der Waals surface area contributed by atoms with Gasteiger partial charge >= 0.3 is 0 Å². The molecule has 0 aromatic heterocycles. The zero-order valence-electron chi connectivity index (χ0n) is 6.96. The van der Waals surface area contributed by atoms with Crippen molar-refractivity contribution >= 4 is 0 Å². The van der Waals surface area contributed by atoms with E-state index in [1.807, 2.05) is 18.2 Å². The molecule has 1 nitrogen and oxygen atoms in total. The van der Waals surface area contributed by atoms with Gasteiger partial charge in [-0.15, -0.1) is 0 Å². The number of hydrogen-bond donors (Lipinski definition) is 1. The maximum atomic E-state index is 5.36. The Kier molecular flexibility index (Phi) is 10.5. The molecule has 0 atom stereocenters. The molecule has 2 N–H and O–H groups in total. The molecule has 0 aliphatic carbocycles. The van der Waals surface area contributed by atoms with Gasteiger partial charge in [-0.3, -0.25) is 0 Å². The van der Waals surface area contributed by atoms with Crippen molar-refractivity contribution in [3.05, 3.63) is 43.3 Å². The van der Waals surface area contributed by atoms with E-state index in [4.69, 9.17) is 5.73 Å². The molecule has 11 heavy (non-hydrogen) atoms. The first-order chi connectivity index (χ1) is 4.43. The van der Waals surface area contributed by atoms with E-state index >= 15 is 0 Å². The Bertz CT molecular complexity index is 162. The second kappa shape index (κ2) is 8.38. The smallest absolute Gasteiger partial charge is 0 e. The number of hydrogen-bond acceptors (Lipinski definition) is 1. The topological polar surface area (TPSA) is 26.0 Å². The van der Waals surface area contributed by atoms with E-state index < -0.39 is 0 Å². The van der Waals surface area contributed by atoms with Gasteiger partial charge in [0.25, 0.3) is 0 Å².